The van der Waals surface area contributed by atoms with Crippen LogP contribution in [0.2, 0.25) is 10.0 Å². The Bertz CT molecular complexity index is 580. The second-order valence-corrected chi connectivity index (χ2v) is 6.87. The van der Waals surface area contributed by atoms with Crippen LogP contribution < -0.4 is 5.32 Å². The SMILES string of the molecule is CCOC(=O)[C@@H](CCS(C)=O)NC(=O)c1ccc(Cl)cc1Cl. The molecule has 0 aliphatic carbocycles. The van der Waals surface area contributed by atoms with Gasteiger partial charge in [-0.05, 0) is 31.5 Å². The normalized spacial score (nSPS) is 13.3. The van der Waals surface area contributed by atoms with Crippen molar-refractivity contribution in [1.82, 2.24) is 5.32 Å². The molecular weight excluding hydrogens is 349 g/mol. The number of nitrogens with one attached hydrogen (secondary N) is 1. The van der Waals surface area contributed by atoms with Crippen LogP contribution in [0.1, 0.15) is 23.7 Å². The zero-order chi connectivity index (χ0) is 16.7. The van der Waals surface area contributed by atoms with Crippen LogP contribution in [-0.4, -0.2) is 40.7 Å². The lowest BCUT2D eigenvalue weighted by atomic mass is 10.1. The minimum Gasteiger partial charge on any atom is -0.464 e. The Morgan fingerprint density at radius 1 is 1.36 bits per heavy atom. The summed E-state index contributed by atoms with van der Waals surface area (Å²) in [6.07, 6.45) is 1.75. The molecule has 0 heterocycles. The van der Waals surface area contributed by atoms with Gasteiger partial charge < -0.3 is 10.1 Å². The molecule has 8 heteroatoms. The number of ether oxygens (including phenoxy) is 1. The molecule has 22 heavy (non-hydrogen) atoms. The standard InChI is InChI=1S/C14H17Cl2NO4S/c1-3-21-14(19)12(6-7-22(2)20)17-13(18)10-5-4-9(15)8-11(10)16/h4-5,8,12H,3,6-7H2,1-2H3,(H,17,18)/t12-,22?/m1/s1. The van der Waals surface area contributed by atoms with E-state index in [0.29, 0.717) is 5.02 Å². The van der Waals surface area contributed by atoms with Gasteiger partial charge in [0.25, 0.3) is 5.91 Å². The molecule has 122 valence electrons. The van der Waals surface area contributed by atoms with E-state index in [0.717, 1.165) is 0 Å². The zero-order valence-electron chi connectivity index (χ0n) is 12.2. The first-order valence-corrected chi connectivity index (χ1v) is 9.06. The summed E-state index contributed by atoms with van der Waals surface area (Å²) in [4.78, 5) is 24.1. The summed E-state index contributed by atoms with van der Waals surface area (Å²) in [6.45, 7) is 1.87. The number of carbonyl (C=O) groups excluding carboxylic acids is 2. The Labute approximate surface area is 141 Å². The van der Waals surface area contributed by atoms with Crippen LogP contribution in [0.3, 0.4) is 0 Å². The van der Waals surface area contributed by atoms with Crippen molar-refractivity contribution in [3.63, 3.8) is 0 Å². The van der Waals surface area contributed by atoms with Gasteiger partial charge in [-0.2, -0.15) is 0 Å². The lowest BCUT2D eigenvalue weighted by Gasteiger charge is -2.17. The molecule has 0 aliphatic heterocycles. The van der Waals surface area contributed by atoms with Crippen molar-refractivity contribution in [2.45, 2.75) is 19.4 Å². The monoisotopic (exact) mass is 365 g/mol. The molecular formula is C14H17Cl2NO4S. The molecule has 0 aromatic heterocycles. The number of carbonyl (C=O) groups is 2. The third kappa shape index (κ3) is 5.94. The molecule has 1 amide bonds. The van der Waals surface area contributed by atoms with Crippen molar-refractivity contribution in [3.05, 3.63) is 33.8 Å². The molecule has 0 spiro atoms. The lowest BCUT2D eigenvalue weighted by Crippen LogP contribution is -2.42. The summed E-state index contributed by atoms with van der Waals surface area (Å²) in [7, 11) is -1.08. The Balaban J connectivity index is 2.84. The zero-order valence-corrected chi connectivity index (χ0v) is 14.6. The van der Waals surface area contributed by atoms with E-state index < -0.39 is 28.7 Å². The highest BCUT2D eigenvalue weighted by molar-refractivity contribution is 7.84. The predicted octanol–water partition coefficient (Wildman–Crippen LogP) is 2.42. The second kappa shape index (κ2) is 9.12. The van der Waals surface area contributed by atoms with Crippen LogP contribution in [0, 0.1) is 0 Å². The molecule has 0 saturated heterocycles. The van der Waals surface area contributed by atoms with Crippen LogP contribution in [0.4, 0.5) is 0 Å². The van der Waals surface area contributed by atoms with Gasteiger partial charge in [-0.1, -0.05) is 23.2 Å². The summed E-state index contributed by atoms with van der Waals surface area (Å²) in [5.41, 5.74) is 0.206. The smallest absolute Gasteiger partial charge is 0.328 e. The van der Waals surface area contributed by atoms with Gasteiger partial charge in [0.15, 0.2) is 0 Å². The maximum Gasteiger partial charge on any atom is 0.328 e. The molecule has 0 aliphatic rings. The molecule has 1 unspecified atom stereocenters. The number of hydrogen-bond acceptors (Lipinski definition) is 4. The third-order valence-corrected chi connectivity index (χ3v) is 4.10. The van der Waals surface area contributed by atoms with E-state index in [4.69, 9.17) is 27.9 Å². The van der Waals surface area contributed by atoms with E-state index in [2.05, 4.69) is 5.32 Å². The summed E-state index contributed by atoms with van der Waals surface area (Å²) >= 11 is 11.7. The van der Waals surface area contributed by atoms with Crippen LogP contribution in [-0.2, 0) is 20.3 Å². The fourth-order valence-corrected chi connectivity index (χ4v) is 2.75. The van der Waals surface area contributed by atoms with Crippen LogP contribution in [0.5, 0.6) is 0 Å². The van der Waals surface area contributed by atoms with Crippen molar-refractivity contribution in [1.29, 1.82) is 0 Å². The molecule has 2 atom stereocenters. The van der Waals surface area contributed by atoms with Gasteiger partial charge in [0.1, 0.15) is 6.04 Å². The van der Waals surface area contributed by atoms with E-state index in [-0.39, 0.29) is 29.4 Å². The van der Waals surface area contributed by atoms with Gasteiger partial charge in [0.2, 0.25) is 0 Å². The lowest BCUT2D eigenvalue weighted by molar-refractivity contribution is -0.145. The fraction of sp³-hybridized carbons (Fsp3) is 0.429. The van der Waals surface area contributed by atoms with Crippen molar-refractivity contribution in [2.75, 3.05) is 18.6 Å². The first-order chi connectivity index (χ1) is 10.3. The topological polar surface area (TPSA) is 72.5 Å². The van der Waals surface area contributed by atoms with E-state index >= 15 is 0 Å². The number of halogens is 2. The molecule has 0 saturated carbocycles. The molecule has 0 radical (unpaired) electrons. The fourth-order valence-electron chi connectivity index (χ4n) is 1.69. The van der Waals surface area contributed by atoms with Crippen LogP contribution in [0.15, 0.2) is 18.2 Å². The summed E-state index contributed by atoms with van der Waals surface area (Å²) in [5, 5.41) is 3.15. The highest BCUT2D eigenvalue weighted by Gasteiger charge is 2.23. The number of esters is 1. The summed E-state index contributed by atoms with van der Waals surface area (Å²) < 4.78 is 16.1. The Morgan fingerprint density at radius 2 is 2.05 bits per heavy atom. The van der Waals surface area contributed by atoms with Crippen LogP contribution in [0.25, 0.3) is 0 Å². The van der Waals surface area contributed by atoms with E-state index in [1.54, 1.807) is 6.92 Å². The number of amides is 1. The number of rotatable bonds is 7. The summed E-state index contributed by atoms with van der Waals surface area (Å²) in [6, 6.07) is 3.57. The van der Waals surface area contributed by atoms with E-state index in [1.807, 2.05) is 0 Å². The molecule has 1 rings (SSSR count). The summed E-state index contributed by atoms with van der Waals surface area (Å²) in [5.74, 6) is -0.800. The predicted molar refractivity (Wildman–Crippen MR) is 87.9 cm³/mol. The second-order valence-electron chi connectivity index (χ2n) is 4.47. The first kappa shape index (κ1) is 18.9. The molecule has 1 aromatic rings. The average molecular weight is 366 g/mol. The van der Waals surface area contributed by atoms with Gasteiger partial charge in [0, 0.05) is 27.8 Å². The average Bonchev–Trinajstić information content (AvgIpc) is 2.43. The van der Waals surface area contributed by atoms with Crippen molar-refractivity contribution in [3.8, 4) is 0 Å². The van der Waals surface area contributed by atoms with Gasteiger partial charge in [-0.3, -0.25) is 9.00 Å². The van der Waals surface area contributed by atoms with E-state index in [1.165, 1.54) is 24.5 Å². The first-order valence-electron chi connectivity index (χ1n) is 6.57. The maximum absolute atomic E-state index is 12.2. The van der Waals surface area contributed by atoms with Crippen molar-refractivity contribution in [2.24, 2.45) is 0 Å². The highest BCUT2D eigenvalue weighted by Crippen LogP contribution is 2.21. The van der Waals surface area contributed by atoms with Gasteiger partial charge >= 0.3 is 5.97 Å². The Hall–Kier alpha value is -1.11. The van der Waals surface area contributed by atoms with Crippen molar-refractivity contribution >= 4 is 45.9 Å². The molecule has 0 bridgehead atoms. The Kier molecular flexibility index (Phi) is 7.85. The number of benzene rings is 1. The number of hydrogen-bond donors (Lipinski definition) is 1. The van der Waals surface area contributed by atoms with Gasteiger partial charge in [-0.15, -0.1) is 0 Å². The minimum atomic E-state index is -1.08. The largest absolute Gasteiger partial charge is 0.464 e. The minimum absolute atomic E-state index is 0.187. The molecule has 0 fully saturated rings. The Morgan fingerprint density at radius 3 is 2.59 bits per heavy atom. The quantitative estimate of drug-likeness (QED) is 0.753. The third-order valence-electron chi connectivity index (χ3n) is 2.75. The maximum atomic E-state index is 12.2. The highest BCUT2D eigenvalue weighted by atomic mass is 35.5. The molecule has 1 N–H and O–H groups in total. The molecule has 1 aromatic carbocycles. The van der Waals surface area contributed by atoms with Crippen LogP contribution >= 0.6 is 23.2 Å². The van der Waals surface area contributed by atoms with Crippen molar-refractivity contribution < 1.29 is 18.5 Å². The van der Waals surface area contributed by atoms with Gasteiger partial charge in [0.05, 0.1) is 17.2 Å². The molecule has 5 nitrogen and oxygen atoms in total. The van der Waals surface area contributed by atoms with E-state index in [9.17, 15) is 13.8 Å². The van der Waals surface area contributed by atoms with Gasteiger partial charge in [-0.25, -0.2) is 4.79 Å².